The molecule has 0 saturated heterocycles. The van der Waals surface area contributed by atoms with Crippen LogP contribution in [0.4, 0.5) is 5.82 Å². The van der Waals surface area contributed by atoms with E-state index in [9.17, 15) is 4.79 Å². The molecule has 0 aliphatic carbocycles. The molecular weight excluding hydrogens is 274 g/mol. The molecule has 2 heterocycles. The maximum atomic E-state index is 11.9. The maximum absolute atomic E-state index is 11.9. The summed E-state index contributed by atoms with van der Waals surface area (Å²) in [5.41, 5.74) is 1.59. The monoisotopic (exact) mass is 291 g/mol. The smallest absolute Gasteiger partial charge is 0.251 e. The van der Waals surface area contributed by atoms with Gasteiger partial charge >= 0.3 is 0 Å². The Hall–Kier alpha value is -1.81. The van der Waals surface area contributed by atoms with Crippen molar-refractivity contribution in [2.45, 2.75) is 26.8 Å². The van der Waals surface area contributed by atoms with Gasteiger partial charge in [0.2, 0.25) is 0 Å². The van der Waals surface area contributed by atoms with Gasteiger partial charge in [-0.1, -0.05) is 18.5 Å². The van der Waals surface area contributed by atoms with Crippen LogP contribution in [-0.2, 0) is 6.54 Å². The molecule has 0 fully saturated rings. The Balaban J connectivity index is 2.25. The molecule has 5 heteroatoms. The molecule has 0 aliphatic rings. The summed E-state index contributed by atoms with van der Waals surface area (Å²) in [5.74, 6) is 0.784. The fourth-order valence-electron chi connectivity index (χ4n) is 1.85. The van der Waals surface area contributed by atoms with Gasteiger partial charge in [-0.2, -0.15) is 0 Å². The second kappa shape index (κ2) is 6.57. The predicted molar refractivity (Wildman–Crippen MR) is 82.6 cm³/mol. The zero-order valence-electron chi connectivity index (χ0n) is 11.7. The third-order valence-corrected chi connectivity index (χ3v) is 3.29. The van der Waals surface area contributed by atoms with E-state index < -0.39 is 0 Å². The molecule has 0 saturated carbocycles. The number of aryl methyl sites for hydroxylation is 1. The van der Waals surface area contributed by atoms with Crippen molar-refractivity contribution in [3.05, 3.63) is 57.1 Å². The lowest BCUT2D eigenvalue weighted by atomic mass is 10.3. The normalized spacial score (nSPS) is 10.6. The van der Waals surface area contributed by atoms with Crippen molar-refractivity contribution in [1.82, 2.24) is 9.55 Å². The van der Waals surface area contributed by atoms with Crippen LogP contribution in [0, 0.1) is 6.92 Å². The van der Waals surface area contributed by atoms with Crippen molar-refractivity contribution in [2.24, 2.45) is 0 Å². The predicted octanol–water partition coefficient (Wildman–Crippen LogP) is 3.08. The lowest BCUT2D eigenvalue weighted by molar-refractivity contribution is 0.738. The summed E-state index contributed by atoms with van der Waals surface area (Å²) in [5, 5.41) is 3.78. The third kappa shape index (κ3) is 3.61. The Morgan fingerprint density at radius 2 is 2.15 bits per heavy atom. The Morgan fingerprint density at radius 3 is 2.85 bits per heavy atom. The minimum absolute atomic E-state index is 0.0465. The zero-order valence-corrected chi connectivity index (χ0v) is 12.4. The van der Waals surface area contributed by atoms with Gasteiger partial charge in [0.05, 0.1) is 17.3 Å². The Labute approximate surface area is 123 Å². The molecule has 2 aromatic rings. The Bertz CT molecular complexity index is 652. The van der Waals surface area contributed by atoms with Gasteiger partial charge in [0, 0.05) is 18.8 Å². The minimum Gasteiger partial charge on any atom is -0.370 e. The van der Waals surface area contributed by atoms with Gasteiger partial charge in [0.15, 0.2) is 0 Å². The highest BCUT2D eigenvalue weighted by atomic mass is 35.5. The summed E-state index contributed by atoms with van der Waals surface area (Å²) in [6.07, 6.45) is 2.79. The number of hydrogen-bond donors (Lipinski definition) is 1. The Morgan fingerprint density at radius 1 is 1.35 bits per heavy atom. The van der Waals surface area contributed by atoms with E-state index in [1.165, 1.54) is 0 Å². The van der Waals surface area contributed by atoms with E-state index in [0.717, 1.165) is 24.3 Å². The first-order valence-corrected chi connectivity index (χ1v) is 7.04. The molecule has 2 aromatic heterocycles. The highest BCUT2D eigenvalue weighted by Crippen LogP contribution is 2.17. The summed E-state index contributed by atoms with van der Waals surface area (Å²) in [7, 11) is 0. The molecule has 0 atom stereocenters. The Kier molecular flexibility index (Phi) is 4.79. The van der Waals surface area contributed by atoms with Crippen LogP contribution in [0.15, 0.2) is 35.3 Å². The van der Waals surface area contributed by atoms with Gasteiger partial charge in [-0.05, 0) is 37.1 Å². The van der Waals surface area contributed by atoms with Gasteiger partial charge in [-0.15, -0.1) is 0 Å². The number of aromatic nitrogens is 2. The molecule has 20 heavy (non-hydrogen) atoms. The standard InChI is InChI=1S/C15H18ClN3O/c1-3-7-17-14-5-4-12(16)13(18-14)10-19-8-6-11(2)9-15(19)20/h4-6,8-9H,3,7,10H2,1-2H3,(H,17,18). The van der Waals surface area contributed by atoms with Crippen molar-refractivity contribution >= 4 is 17.4 Å². The van der Waals surface area contributed by atoms with Crippen LogP contribution < -0.4 is 10.9 Å². The first-order chi connectivity index (χ1) is 9.60. The molecule has 0 bridgehead atoms. The number of rotatable bonds is 5. The highest BCUT2D eigenvalue weighted by Gasteiger charge is 2.06. The van der Waals surface area contributed by atoms with Gasteiger partial charge in [0.1, 0.15) is 5.82 Å². The molecule has 106 valence electrons. The van der Waals surface area contributed by atoms with Crippen LogP contribution in [0.25, 0.3) is 0 Å². The topological polar surface area (TPSA) is 46.9 Å². The zero-order chi connectivity index (χ0) is 14.5. The van der Waals surface area contributed by atoms with Crippen molar-refractivity contribution in [3.63, 3.8) is 0 Å². The number of pyridine rings is 2. The quantitative estimate of drug-likeness (QED) is 0.921. The second-order valence-corrected chi connectivity index (χ2v) is 5.13. The van der Waals surface area contributed by atoms with Crippen molar-refractivity contribution in [2.75, 3.05) is 11.9 Å². The number of hydrogen-bond acceptors (Lipinski definition) is 3. The number of nitrogens with one attached hydrogen (secondary N) is 1. The summed E-state index contributed by atoms with van der Waals surface area (Å²) in [6, 6.07) is 7.15. The SMILES string of the molecule is CCCNc1ccc(Cl)c(Cn2ccc(C)cc2=O)n1. The van der Waals surface area contributed by atoms with E-state index in [0.29, 0.717) is 17.3 Å². The molecule has 0 amide bonds. The second-order valence-electron chi connectivity index (χ2n) is 4.72. The molecule has 0 spiro atoms. The summed E-state index contributed by atoms with van der Waals surface area (Å²) in [4.78, 5) is 16.4. The summed E-state index contributed by atoms with van der Waals surface area (Å²) >= 11 is 6.16. The van der Waals surface area contributed by atoms with Gasteiger partial charge in [0.25, 0.3) is 5.56 Å². The third-order valence-electron chi connectivity index (χ3n) is 2.95. The van der Waals surface area contributed by atoms with E-state index in [1.807, 2.05) is 19.1 Å². The average Bonchev–Trinajstić information content (AvgIpc) is 2.42. The van der Waals surface area contributed by atoms with E-state index in [1.54, 1.807) is 22.9 Å². The average molecular weight is 292 g/mol. The van der Waals surface area contributed by atoms with Gasteiger partial charge in [-0.3, -0.25) is 4.79 Å². The summed E-state index contributed by atoms with van der Waals surface area (Å²) in [6.45, 7) is 5.22. The number of anilines is 1. The molecule has 0 aliphatic heterocycles. The molecule has 0 radical (unpaired) electrons. The minimum atomic E-state index is -0.0465. The van der Waals surface area contributed by atoms with Crippen molar-refractivity contribution < 1.29 is 0 Å². The van der Waals surface area contributed by atoms with Crippen molar-refractivity contribution in [3.8, 4) is 0 Å². The maximum Gasteiger partial charge on any atom is 0.251 e. The largest absolute Gasteiger partial charge is 0.370 e. The number of nitrogens with zero attached hydrogens (tertiary/aromatic N) is 2. The molecule has 0 unspecified atom stereocenters. The van der Waals surface area contributed by atoms with Crippen molar-refractivity contribution in [1.29, 1.82) is 0 Å². The first-order valence-electron chi connectivity index (χ1n) is 6.66. The molecular formula is C15H18ClN3O. The van der Waals surface area contributed by atoms with Crippen LogP contribution in [0.3, 0.4) is 0 Å². The molecule has 0 aromatic carbocycles. The van der Waals surface area contributed by atoms with Crippen LogP contribution >= 0.6 is 11.6 Å². The van der Waals surface area contributed by atoms with E-state index in [-0.39, 0.29) is 5.56 Å². The highest BCUT2D eigenvalue weighted by molar-refractivity contribution is 6.31. The molecule has 2 rings (SSSR count). The van der Waals surface area contributed by atoms with Crippen LogP contribution in [-0.4, -0.2) is 16.1 Å². The summed E-state index contributed by atoms with van der Waals surface area (Å²) < 4.78 is 1.60. The van der Waals surface area contributed by atoms with Crippen LogP contribution in [0.1, 0.15) is 24.6 Å². The number of halogens is 1. The van der Waals surface area contributed by atoms with Gasteiger partial charge < -0.3 is 9.88 Å². The first kappa shape index (κ1) is 14.6. The lowest BCUT2D eigenvalue weighted by Crippen LogP contribution is -2.20. The van der Waals surface area contributed by atoms with Gasteiger partial charge in [-0.25, -0.2) is 4.98 Å². The van der Waals surface area contributed by atoms with Crippen LogP contribution in [0.2, 0.25) is 5.02 Å². The fourth-order valence-corrected chi connectivity index (χ4v) is 2.01. The molecule has 1 N–H and O–H groups in total. The van der Waals surface area contributed by atoms with E-state index >= 15 is 0 Å². The fraction of sp³-hybridized carbons (Fsp3) is 0.333. The van der Waals surface area contributed by atoms with E-state index in [4.69, 9.17) is 11.6 Å². The lowest BCUT2D eigenvalue weighted by Gasteiger charge is -2.10. The van der Waals surface area contributed by atoms with E-state index in [2.05, 4.69) is 17.2 Å². The van der Waals surface area contributed by atoms with Crippen LogP contribution in [0.5, 0.6) is 0 Å². The molecule has 4 nitrogen and oxygen atoms in total.